The fourth-order valence-corrected chi connectivity index (χ4v) is 4.16. The van der Waals surface area contributed by atoms with E-state index >= 15 is 0 Å². The largest absolute Gasteiger partial charge is 0.279 e. The summed E-state index contributed by atoms with van der Waals surface area (Å²) in [6, 6.07) is 13.5. The van der Waals surface area contributed by atoms with Crippen molar-refractivity contribution in [3.63, 3.8) is 0 Å². The number of non-ortho nitro benzene ring substituents is 1. The molecule has 1 amide bonds. The van der Waals surface area contributed by atoms with Crippen molar-refractivity contribution < 1.29 is 9.72 Å². The number of benzene rings is 2. The maximum atomic E-state index is 13.4. The van der Waals surface area contributed by atoms with Gasteiger partial charge in [0.15, 0.2) is 5.13 Å². The second-order valence-electron chi connectivity index (χ2n) is 6.91. The number of aromatic nitrogens is 2. The van der Waals surface area contributed by atoms with Crippen LogP contribution >= 0.6 is 11.3 Å². The van der Waals surface area contributed by atoms with E-state index in [1.54, 1.807) is 29.4 Å². The molecule has 0 N–H and O–H groups in total. The van der Waals surface area contributed by atoms with Crippen molar-refractivity contribution in [2.24, 2.45) is 0 Å². The minimum atomic E-state index is -0.508. The molecule has 0 aliphatic heterocycles. The Morgan fingerprint density at radius 3 is 2.73 bits per heavy atom. The molecule has 0 aliphatic rings. The summed E-state index contributed by atoms with van der Waals surface area (Å²) in [5.74, 6) is -0.351. The first-order valence-corrected chi connectivity index (χ1v) is 10.1. The molecule has 2 aromatic heterocycles. The summed E-state index contributed by atoms with van der Waals surface area (Å²) in [7, 11) is 0. The number of hydrogen-bond acceptors (Lipinski definition) is 6. The van der Waals surface area contributed by atoms with Gasteiger partial charge in [-0.25, -0.2) is 4.98 Å². The molecule has 0 saturated carbocycles. The van der Waals surface area contributed by atoms with Gasteiger partial charge in [0.05, 0.1) is 21.7 Å². The number of hydrogen-bond donors (Lipinski definition) is 0. The number of carbonyl (C=O) groups excluding carboxylic acids is 1. The van der Waals surface area contributed by atoms with Gasteiger partial charge in [0, 0.05) is 30.1 Å². The van der Waals surface area contributed by atoms with Crippen LogP contribution in [0.2, 0.25) is 0 Å². The molecule has 0 spiro atoms. The highest BCUT2D eigenvalue weighted by atomic mass is 32.1. The summed E-state index contributed by atoms with van der Waals surface area (Å²) in [6.07, 6.45) is 3.36. The van der Waals surface area contributed by atoms with Crippen LogP contribution in [0.1, 0.15) is 27.0 Å². The van der Waals surface area contributed by atoms with Gasteiger partial charge in [-0.1, -0.05) is 29.5 Å². The standard InChI is InChI=1S/C22H18N4O3S/c1-14-8-9-19-20(15(14)2)24-22(30-19)25(13-16-5-4-10-23-12-16)21(27)17-6-3-7-18(11-17)26(28)29/h3-12H,13H2,1-2H3. The average Bonchev–Trinajstić information content (AvgIpc) is 3.20. The lowest BCUT2D eigenvalue weighted by Gasteiger charge is -2.20. The number of nitro benzene ring substituents is 1. The van der Waals surface area contributed by atoms with Crippen LogP contribution in [0, 0.1) is 24.0 Å². The molecule has 7 nitrogen and oxygen atoms in total. The van der Waals surface area contributed by atoms with Gasteiger partial charge in [-0.05, 0) is 48.7 Å². The molecule has 0 fully saturated rings. The predicted octanol–water partition coefficient (Wildman–Crippen LogP) is 5.06. The van der Waals surface area contributed by atoms with E-state index in [4.69, 9.17) is 4.98 Å². The lowest BCUT2D eigenvalue weighted by Crippen LogP contribution is -2.30. The number of nitrogens with zero attached hydrogens (tertiary/aromatic N) is 4. The van der Waals surface area contributed by atoms with E-state index in [-0.39, 0.29) is 23.7 Å². The van der Waals surface area contributed by atoms with E-state index in [1.165, 1.54) is 29.5 Å². The third kappa shape index (κ3) is 3.77. The third-order valence-electron chi connectivity index (χ3n) is 4.92. The minimum Gasteiger partial charge on any atom is -0.279 e. The van der Waals surface area contributed by atoms with Gasteiger partial charge in [0.2, 0.25) is 0 Å². The number of amides is 1. The zero-order chi connectivity index (χ0) is 21.3. The zero-order valence-electron chi connectivity index (χ0n) is 16.4. The summed E-state index contributed by atoms with van der Waals surface area (Å²) in [5.41, 5.74) is 4.00. The van der Waals surface area contributed by atoms with E-state index < -0.39 is 4.92 Å². The van der Waals surface area contributed by atoms with Gasteiger partial charge in [-0.2, -0.15) is 0 Å². The number of pyridine rings is 1. The lowest BCUT2D eigenvalue weighted by atomic mass is 10.1. The van der Waals surface area contributed by atoms with Gasteiger partial charge in [0.25, 0.3) is 11.6 Å². The highest BCUT2D eigenvalue weighted by Crippen LogP contribution is 2.33. The van der Waals surface area contributed by atoms with Crippen LogP contribution in [0.3, 0.4) is 0 Å². The zero-order valence-corrected chi connectivity index (χ0v) is 17.2. The monoisotopic (exact) mass is 418 g/mol. The first kappa shape index (κ1) is 19.7. The lowest BCUT2D eigenvalue weighted by molar-refractivity contribution is -0.384. The molecule has 150 valence electrons. The topological polar surface area (TPSA) is 89.2 Å². The van der Waals surface area contributed by atoms with Crippen LogP contribution in [0.25, 0.3) is 10.2 Å². The van der Waals surface area contributed by atoms with E-state index in [2.05, 4.69) is 4.98 Å². The number of anilines is 1. The Hall–Kier alpha value is -3.65. The maximum Gasteiger partial charge on any atom is 0.270 e. The van der Waals surface area contributed by atoms with Crippen LogP contribution in [0.5, 0.6) is 0 Å². The molecular formula is C22H18N4O3S. The highest BCUT2D eigenvalue weighted by Gasteiger charge is 2.24. The van der Waals surface area contributed by atoms with Crippen LogP contribution in [-0.2, 0) is 6.54 Å². The molecule has 0 radical (unpaired) electrons. The smallest absolute Gasteiger partial charge is 0.270 e. The van der Waals surface area contributed by atoms with Crippen LogP contribution in [0.4, 0.5) is 10.8 Å². The van der Waals surface area contributed by atoms with Gasteiger partial charge >= 0.3 is 0 Å². The molecule has 4 rings (SSSR count). The fraction of sp³-hybridized carbons (Fsp3) is 0.136. The molecule has 4 aromatic rings. The molecule has 2 aromatic carbocycles. The Morgan fingerprint density at radius 2 is 2.00 bits per heavy atom. The van der Waals surface area contributed by atoms with Crippen molar-refractivity contribution in [1.82, 2.24) is 9.97 Å². The van der Waals surface area contributed by atoms with E-state index in [9.17, 15) is 14.9 Å². The molecule has 0 bridgehead atoms. The van der Waals surface area contributed by atoms with Crippen molar-refractivity contribution in [2.75, 3.05) is 4.90 Å². The SMILES string of the molecule is Cc1ccc2sc(N(Cc3cccnc3)C(=O)c3cccc([N+](=O)[O-])c3)nc2c1C. The van der Waals surface area contributed by atoms with Crippen molar-refractivity contribution in [2.45, 2.75) is 20.4 Å². The summed E-state index contributed by atoms with van der Waals surface area (Å²) in [4.78, 5) is 34.5. The minimum absolute atomic E-state index is 0.127. The van der Waals surface area contributed by atoms with Crippen molar-refractivity contribution >= 4 is 38.3 Å². The Bertz CT molecular complexity index is 1250. The average molecular weight is 418 g/mol. The van der Waals surface area contributed by atoms with Gasteiger partial charge < -0.3 is 0 Å². The quantitative estimate of drug-likeness (QED) is 0.334. The molecule has 0 atom stereocenters. The van der Waals surface area contributed by atoms with E-state index in [0.29, 0.717) is 5.13 Å². The second-order valence-corrected chi connectivity index (χ2v) is 7.92. The first-order chi connectivity index (χ1) is 14.4. The number of nitro groups is 1. The Labute approximate surface area is 176 Å². The molecule has 30 heavy (non-hydrogen) atoms. The van der Waals surface area contributed by atoms with Crippen LogP contribution in [0.15, 0.2) is 60.9 Å². The molecule has 0 unspecified atom stereocenters. The number of aryl methyl sites for hydroxylation is 2. The third-order valence-corrected chi connectivity index (χ3v) is 5.96. The Kier molecular flexibility index (Phi) is 5.24. The first-order valence-electron chi connectivity index (χ1n) is 9.26. The van der Waals surface area contributed by atoms with E-state index in [0.717, 1.165) is 26.9 Å². The molecular weight excluding hydrogens is 400 g/mol. The van der Waals surface area contributed by atoms with Gasteiger partial charge in [0.1, 0.15) is 0 Å². The second kappa shape index (κ2) is 8.00. The Morgan fingerprint density at radius 1 is 1.17 bits per heavy atom. The summed E-state index contributed by atoms with van der Waals surface area (Å²) in [5, 5.41) is 11.7. The van der Waals surface area contributed by atoms with E-state index in [1.807, 2.05) is 32.0 Å². The number of rotatable bonds is 5. The van der Waals surface area contributed by atoms with Gasteiger partial charge in [-0.15, -0.1) is 0 Å². The van der Waals surface area contributed by atoms with Crippen molar-refractivity contribution in [3.8, 4) is 0 Å². The molecule has 8 heteroatoms. The van der Waals surface area contributed by atoms with Crippen LogP contribution < -0.4 is 4.90 Å². The number of thiazole rings is 1. The normalized spacial score (nSPS) is 10.9. The summed E-state index contributed by atoms with van der Waals surface area (Å²) < 4.78 is 0.983. The van der Waals surface area contributed by atoms with Crippen LogP contribution in [-0.4, -0.2) is 20.8 Å². The fourth-order valence-electron chi connectivity index (χ4n) is 3.14. The summed E-state index contributed by atoms with van der Waals surface area (Å²) >= 11 is 1.42. The number of fused-ring (bicyclic) bond motifs is 1. The highest BCUT2D eigenvalue weighted by molar-refractivity contribution is 7.22. The van der Waals surface area contributed by atoms with Crippen molar-refractivity contribution in [3.05, 3.63) is 93.3 Å². The maximum absolute atomic E-state index is 13.4. The van der Waals surface area contributed by atoms with Crippen molar-refractivity contribution in [1.29, 1.82) is 0 Å². The molecule has 0 saturated heterocycles. The van der Waals surface area contributed by atoms with Gasteiger partial charge in [-0.3, -0.25) is 24.8 Å². The predicted molar refractivity (Wildman–Crippen MR) is 117 cm³/mol. The summed E-state index contributed by atoms with van der Waals surface area (Å²) in [6.45, 7) is 4.29. The Balaban J connectivity index is 1.80. The number of carbonyl (C=O) groups is 1. The molecule has 2 heterocycles. The molecule has 0 aliphatic carbocycles.